The lowest BCUT2D eigenvalue weighted by molar-refractivity contribution is -0.126. The molecule has 2 unspecified atom stereocenters. The van der Waals surface area contributed by atoms with Crippen LogP contribution in [-0.2, 0) is 4.79 Å². The molecule has 1 aliphatic rings. The quantitative estimate of drug-likeness (QED) is 0.855. The molecule has 2 rings (SSSR count). The monoisotopic (exact) mass is 278 g/mol. The van der Waals surface area contributed by atoms with E-state index in [0.717, 1.165) is 19.3 Å². The molecule has 3 N–H and O–H groups in total. The Bertz CT molecular complexity index is 478. The number of para-hydroxylation sites is 2. The van der Waals surface area contributed by atoms with E-state index in [1.54, 1.807) is 14.2 Å². The largest absolute Gasteiger partial charge is 0.493 e. The molecule has 5 heteroatoms. The first-order valence-electron chi connectivity index (χ1n) is 6.90. The summed E-state index contributed by atoms with van der Waals surface area (Å²) >= 11 is 0. The number of methoxy groups -OCH3 is 1. The third-order valence-electron chi connectivity index (χ3n) is 4.02. The summed E-state index contributed by atoms with van der Waals surface area (Å²) in [7, 11) is 3.39. The lowest BCUT2D eigenvalue weighted by atomic mass is 9.79. The standard InChI is InChI=1S/C15H22N2O3/c1-17-15(14(16)18)9-5-6-11(10-15)20-13-8-4-3-7-12(13)19-2/h3-4,7-8,11,17H,5-6,9-10H2,1-2H3,(H2,16,18). The minimum Gasteiger partial charge on any atom is -0.493 e. The van der Waals surface area contributed by atoms with Gasteiger partial charge in [0, 0.05) is 6.42 Å². The molecule has 1 aromatic rings. The number of primary amides is 1. The third kappa shape index (κ3) is 2.88. The number of amides is 1. The second-order valence-corrected chi connectivity index (χ2v) is 5.18. The highest BCUT2D eigenvalue weighted by atomic mass is 16.5. The van der Waals surface area contributed by atoms with Crippen LogP contribution in [0.5, 0.6) is 11.5 Å². The lowest BCUT2D eigenvalue weighted by Gasteiger charge is -2.38. The number of carbonyl (C=O) groups excluding carboxylic acids is 1. The Morgan fingerprint density at radius 3 is 2.70 bits per heavy atom. The van der Waals surface area contributed by atoms with Crippen molar-refractivity contribution in [3.05, 3.63) is 24.3 Å². The number of ether oxygens (including phenoxy) is 2. The van der Waals surface area contributed by atoms with E-state index in [0.29, 0.717) is 17.9 Å². The van der Waals surface area contributed by atoms with Crippen molar-refractivity contribution in [3.63, 3.8) is 0 Å². The zero-order valence-electron chi connectivity index (χ0n) is 12.0. The highest BCUT2D eigenvalue weighted by molar-refractivity contribution is 5.84. The molecule has 20 heavy (non-hydrogen) atoms. The van der Waals surface area contributed by atoms with E-state index >= 15 is 0 Å². The summed E-state index contributed by atoms with van der Waals surface area (Å²) in [5, 5.41) is 3.08. The van der Waals surface area contributed by atoms with Crippen LogP contribution in [0.4, 0.5) is 0 Å². The molecule has 1 fully saturated rings. The zero-order valence-corrected chi connectivity index (χ0v) is 12.0. The zero-order chi connectivity index (χ0) is 14.6. The fourth-order valence-electron chi connectivity index (χ4n) is 2.79. The molecular weight excluding hydrogens is 256 g/mol. The second-order valence-electron chi connectivity index (χ2n) is 5.18. The maximum atomic E-state index is 11.7. The molecule has 1 amide bonds. The molecule has 2 atom stereocenters. The topological polar surface area (TPSA) is 73.6 Å². The van der Waals surface area contributed by atoms with Gasteiger partial charge >= 0.3 is 0 Å². The van der Waals surface area contributed by atoms with Crippen LogP contribution in [0.3, 0.4) is 0 Å². The number of benzene rings is 1. The molecular formula is C15H22N2O3. The van der Waals surface area contributed by atoms with Gasteiger partial charge < -0.3 is 20.5 Å². The predicted octanol–water partition coefficient (Wildman–Crippen LogP) is 1.46. The van der Waals surface area contributed by atoms with Crippen LogP contribution in [-0.4, -0.2) is 31.7 Å². The van der Waals surface area contributed by atoms with Gasteiger partial charge in [-0.25, -0.2) is 0 Å². The summed E-state index contributed by atoms with van der Waals surface area (Å²) in [6.45, 7) is 0. The maximum Gasteiger partial charge on any atom is 0.237 e. The van der Waals surface area contributed by atoms with Crippen LogP contribution in [0.15, 0.2) is 24.3 Å². The Kier molecular flexibility index (Phi) is 4.49. The van der Waals surface area contributed by atoms with E-state index in [1.165, 1.54) is 0 Å². The molecule has 0 saturated heterocycles. The molecule has 1 aromatic carbocycles. The predicted molar refractivity (Wildman–Crippen MR) is 76.9 cm³/mol. The minimum absolute atomic E-state index is 0.0417. The van der Waals surface area contributed by atoms with Gasteiger partial charge in [-0.05, 0) is 38.4 Å². The van der Waals surface area contributed by atoms with Crippen molar-refractivity contribution in [1.29, 1.82) is 0 Å². The average molecular weight is 278 g/mol. The van der Waals surface area contributed by atoms with E-state index < -0.39 is 5.54 Å². The van der Waals surface area contributed by atoms with Gasteiger partial charge in [0.15, 0.2) is 11.5 Å². The first-order chi connectivity index (χ1) is 9.61. The molecule has 0 spiro atoms. The molecule has 1 aliphatic carbocycles. The van der Waals surface area contributed by atoms with Crippen LogP contribution in [0, 0.1) is 0 Å². The van der Waals surface area contributed by atoms with E-state index in [1.807, 2.05) is 24.3 Å². The van der Waals surface area contributed by atoms with Crippen molar-refractivity contribution in [1.82, 2.24) is 5.32 Å². The van der Waals surface area contributed by atoms with Crippen LogP contribution in [0.1, 0.15) is 25.7 Å². The van der Waals surface area contributed by atoms with Gasteiger partial charge in [0.25, 0.3) is 0 Å². The lowest BCUT2D eigenvalue weighted by Crippen LogP contribution is -2.58. The summed E-state index contributed by atoms with van der Waals surface area (Å²) in [6.07, 6.45) is 3.11. The van der Waals surface area contributed by atoms with Gasteiger partial charge in [0.2, 0.25) is 5.91 Å². The Morgan fingerprint density at radius 2 is 2.10 bits per heavy atom. The first kappa shape index (κ1) is 14.7. The van der Waals surface area contributed by atoms with Crippen LogP contribution in [0.25, 0.3) is 0 Å². The smallest absolute Gasteiger partial charge is 0.237 e. The van der Waals surface area contributed by atoms with E-state index in [-0.39, 0.29) is 12.0 Å². The van der Waals surface area contributed by atoms with E-state index in [2.05, 4.69) is 5.32 Å². The Labute approximate surface area is 119 Å². The number of rotatable bonds is 5. The molecule has 5 nitrogen and oxygen atoms in total. The van der Waals surface area contributed by atoms with Crippen LogP contribution in [0.2, 0.25) is 0 Å². The average Bonchev–Trinajstić information content (AvgIpc) is 2.47. The first-order valence-corrected chi connectivity index (χ1v) is 6.90. The molecule has 110 valence electrons. The number of nitrogens with two attached hydrogens (primary N) is 1. The van der Waals surface area contributed by atoms with Gasteiger partial charge in [0.1, 0.15) is 11.6 Å². The van der Waals surface area contributed by atoms with Crippen molar-refractivity contribution in [2.24, 2.45) is 5.73 Å². The summed E-state index contributed by atoms with van der Waals surface area (Å²) in [5.74, 6) is 1.09. The van der Waals surface area contributed by atoms with Crippen molar-refractivity contribution < 1.29 is 14.3 Å². The Hall–Kier alpha value is -1.75. The minimum atomic E-state index is -0.662. The number of likely N-dealkylation sites (N-methyl/N-ethyl adjacent to an activating group) is 1. The van der Waals surface area contributed by atoms with Crippen LogP contribution < -0.4 is 20.5 Å². The van der Waals surface area contributed by atoms with Gasteiger partial charge in [0.05, 0.1) is 7.11 Å². The highest BCUT2D eigenvalue weighted by Crippen LogP contribution is 2.34. The molecule has 0 aromatic heterocycles. The summed E-state index contributed by atoms with van der Waals surface area (Å²) in [6, 6.07) is 7.53. The van der Waals surface area contributed by atoms with Gasteiger partial charge in [-0.3, -0.25) is 4.79 Å². The van der Waals surface area contributed by atoms with Crippen molar-refractivity contribution in [2.75, 3.05) is 14.2 Å². The summed E-state index contributed by atoms with van der Waals surface area (Å²) in [5.41, 5.74) is 4.88. The molecule has 1 saturated carbocycles. The highest BCUT2D eigenvalue weighted by Gasteiger charge is 2.41. The maximum absolute atomic E-state index is 11.7. The normalized spacial score (nSPS) is 26.0. The Morgan fingerprint density at radius 1 is 1.40 bits per heavy atom. The summed E-state index contributed by atoms with van der Waals surface area (Å²) < 4.78 is 11.3. The van der Waals surface area contributed by atoms with E-state index in [9.17, 15) is 4.79 Å². The summed E-state index contributed by atoms with van der Waals surface area (Å²) in [4.78, 5) is 11.7. The number of carbonyl (C=O) groups is 1. The Balaban J connectivity index is 2.12. The molecule has 0 heterocycles. The van der Waals surface area contributed by atoms with E-state index in [4.69, 9.17) is 15.2 Å². The molecule has 0 bridgehead atoms. The van der Waals surface area contributed by atoms with Crippen LogP contribution >= 0.6 is 0 Å². The van der Waals surface area contributed by atoms with Crippen molar-refractivity contribution in [3.8, 4) is 11.5 Å². The third-order valence-corrected chi connectivity index (χ3v) is 4.02. The molecule has 0 radical (unpaired) electrons. The van der Waals surface area contributed by atoms with Gasteiger partial charge in [-0.15, -0.1) is 0 Å². The number of hydrogen-bond acceptors (Lipinski definition) is 4. The fraction of sp³-hybridized carbons (Fsp3) is 0.533. The fourth-order valence-corrected chi connectivity index (χ4v) is 2.79. The van der Waals surface area contributed by atoms with Gasteiger partial charge in [-0.1, -0.05) is 12.1 Å². The van der Waals surface area contributed by atoms with Crippen molar-refractivity contribution in [2.45, 2.75) is 37.3 Å². The van der Waals surface area contributed by atoms with Crippen molar-refractivity contribution >= 4 is 5.91 Å². The number of nitrogens with one attached hydrogen (secondary N) is 1. The van der Waals surface area contributed by atoms with Gasteiger partial charge in [-0.2, -0.15) is 0 Å². The second kappa shape index (κ2) is 6.13. The SMILES string of the molecule is CNC1(C(N)=O)CCCC(Oc2ccccc2OC)C1. The number of hydrogen-bond donors (Lipinski definition) is 2. The molecule has 0 aliphatic heterocycles.